The summed E-state index contributed by atoms with van der Waals surface area (Å²) in [5, 5.41) is 12.3. The Hall–Kier alpha value is -0.620. The van der Waals surface area contributed by atoms with E-state index in [1.807, 2.05) is 0 Å². The highest BCUT2D eigenvalue weighted by molar-refractivity contribution is 7.99. The molecule has 0 aliphatic heterocycles. The van der Waals surface area contributed by atoms with Gasteiger partial charge in [0.05, 0.1) is 10.0 Å². The molecule has 0 bridgehead atoms. The Labute approximate surface area is 129 Å². The standard InChI is InChI=1S/C11H10Cl3NO3S/c1-5(16)15-8(11(17)18)4-19-9-3-6(12)2-7(13)10(9)14/h2-3,8H,4H2,1H3,(H,15,16)(H,17,18)/t8-/m0/s1. The van der Waals surface area contributed by atoms with Crippen LogP contribution in [-0.4, -0.2) is 28.8 Å². The molecule has 1 aromatic rings. The third-order valence-electron chi connectivity index (χ3n) is 2.04. The number of rotatable bonds is 5. The van der Waals surface area contributed by atoms with Gasteiger partial charge >= 0.3 is 5.97 Å². The lowest BCUT2D eigenvalue weighted by Crippen LogP contribution is -2.41. The fraction of sp³-hybridized carbons (Fsp3) is 0.273. The van der Waals surface area contributed by atoms with E-state index in [9.17, 15) is 9.59 Å². The fourth-order valence-electron chi connectivity index (χ4n) is 1.23. The van der Waals surface area contributed by atoms with Gasteiger partial charge in [-0.1, -0.05) is 34.8 Å². The SMILES string of the molecule is CC(=O)N[C@@H](CSc1cc(Cl)cc(Cl)c1Cl)C(=O)O. The van der Waals surface area contributed by atoms with E-state index in [2.05, 4.69) is 5.32 Å². The molecule has 1 amide bonds. The number of benzene rings is 1. The largest absolute Gasteiger partial charge is 0.480 e. The van der Waals surface area contributed by atoms with Gasteiger partial charge in [0.1, 0.15) is 6.04 Å². The second kappa shape index (κ2) is 7.24. The zero-order valence-electron chi connectivity index (χ0n) is 9.75. The van der Waals surface area contributed by atoms with Gasteiger partial charge in [-0.3, -0.25) is 4.79 Å². The molecule has 0 aliphatic rings. The number of aliphatic carboxylic acids is 1. The van der Waals surface area contributed by atoms with Crippen molar-refractivity contribution < 1.29 is 14.7 Å². The Balaban J connectivity index is 2.79. The molecule has 2 N–H and O–H groups in total. The Morgan fingerprint density at radius 3 is 2.53 bits per heavy atom. The molecular formula is C11H10Cl3NO3S. The highest BCUT2D eigenvalue weighted by Crippen LogP contribution is 2.36. The predicted molar refractivity (Wildman–Crippen MR) is 77.4 cm³/mol. The number of carboxylic acid groups (broad SMARTS) is 1. The maximum absolute atomic E-state index is 11.0. The molecule has 19 heavy (non-hydrogen) atoms. The van der Waals surface area contributed by atoms with E-state index in [-0.39, 0.29) is 5.75 Å². The van der Waals surface area contributed by atoms with Crippen molar-refractivity contribution in [2.75, 3.05) is 5.75 Å². The van der Waals surface area contributed by atoms with Crippen molar-refractivity contribution >= 4 is 58.4 Å². The van der Waals surface area contributed by atoms with Crippen molar-refractivity contribution in [2.24, 2.45) is 0 Å². The normalized spacial score (nSPS) is 12.0. The first kappa shape index (κ1) is 16.4. The zero-order chi connectivity index (χ0) is 14.6. The summed E-state index contributed by atoms with van der Waals surface area (Å²) in [5.41, 5.74) is 0. The lowest BCUT2D eigenvalue weighted by molar-refractivity contribution is -0.140. The van der Waals surface area contributed by atoms with Gasteiger partial charge in [-0.2, -0.15) is 0 Å². The van der Waals surface area contributed by atoms with E-state index in [0.29, 0.717) is 20.0 Å². The van der Waals surface area contributed by atoms with Crippen molar-refractivity contribution in [3.63, 3.8) is 0 Å². The maximum atomic E-state index is 11.0. The first-order valence-corrected chi connectivity index (χ1v) is 7.20. The van der Waals surface area contributed by atoms with Gasteiger partial charge in [-0.05, 0) is 12.1 Å². The van der Waals surface area contributed by atoms with Gasteiger partial charge in [-0.15, -0.1) is 11.8 Å². The Kier molecular flexibility index (Phi) is 6.26. The number of nitrogens with one attached hydrogen (secondary N) is 1. The minimum Gasteiger partial charge on any atom is -0.480 e. The van der Waals surface area contributed by atoms with Gasteiger partial charge in [0.25, 0.3) is 0 Å². The van der Waals surface area contributed by atoms with Crippen LogP contribution in [0, 0.1) is 0 Å². The smallest absolute Gasteiger partial charge is 0.327 e. The van der Waals surface area contributed by atoms with Crippen molar-refractivity contribution in [3.8, 4) is 0 Å². The summed E-state index contributed by atoms with van der Waals surface area (Å²) in [7, 11) is 0. The molecule has 0 saturated carbocycles. The minimum absolute atomic E-state index is 0.116. The molecule has 1 aromatic carbocycles. The van der Waals surface area contributed by atoms with E-state index in [0.717, 1.165) is 11.8 Å². The molecular weight excluding hydrogens is 333 g/mol. The van der Waals surface area contributed by atoms with Crippen LogP contribution in [0.25, 0.3) is 0 Å². The molecule has 8 heteroatoms. The van der Waals surface area contributed by atoms with Crippen LogP contribution >= 0.6 is 46.6 Å². The maximum Gasteiger partial charge on any atom is 0.327 e. The zero-order valence-corrected chi connectivity index (χ0v) is 12.8. The highest BCUT2D eigenvalue weighted by atomic mass is 35.5. The molecule has 0 fully saturated rings. The molecule has 1 rings (SSSR count). The van der Waals surface area contributed by atoms with Crippen molar-refractivity contribution in [1.29, 1.82) is 0 Å². The van der Waals surface area contributed by atoms with Crippen LogP contribution in [0.5, 0.6) is 0 Å². The van der Waals surface area contributed by atoms with Crippen LogP contribution in [0.15, 0.2) is 17.0 Å². The van der Waals surface area contributed by atoms with E-state index in [1.165, 1.54) is 13.0 Å². The highest BCUT2D eigenvalue weighted by Gasteiger charge is 2.19. The average molecular weight is 343 g/mol. The van der Waals surface area contributed by atoms with Gasteiger partial charge in [0.15, 0.2) is 0 Å². The molecule has 0 aliphatic carbocycles. The van der Waals surface area contributed by atoms with Gasteiger partial charge < -0.3 is 10.4 Å². The third-order valence-corrected chi connectivity index (χ3v) is 4.31. The minimum atomic E-state index is -1.12. The van der Waals surface area contributed by atoms with Crippen molar-refractivity contribution in [1.82, 2.24) is 5.32 Å². The summed E-state index contributed by atoms with van der Waals surface area (Å²) in [6, 6.07) is 2.09. The topological polar surface area (TPSA) is 66.4 Å². The molecule has 0 unspecified atom stereocenters. The quantitative estimate of drug-likeness (QED) is 0.636. The lowest BCUT2D eigenvalue weighted by Gasteiger charge is -2.13. The summed E-state index contributed by atoms with van der Waals surface area (Å²) < 4.78 is 0. The second-order valence-corrected chi connectivity index (χ2v) is 5.89. The number of carbonyl (C=O) groups excluding carboxylic acids is 1. The monoisotopic (exact) mass is 341 g/mol. The van der Waals surface area contributed by atoms with Crippen LogP contribution in [0.3, 0.4) is 0 Å². The molecule has 1 atom stereocenters. The first-order chi connectivity index (χ1) is 8.81. The van der Waals surface area contributed by atoms with E-state index in [1.54, 1.807) is 6.07 Å². The number of amides is 1. The molecule has 0 heterocycles. The number of hydrogen-bond acceptors (Lipinski definition) is 3. The van der Waals surface area contributed by atoms with E-state index in [4.69, 9.17) is 39.9 Å². The summed E-state index contributed by atoms with van der Waals surface area (Å²) in [4.78, 5) is 22.4. The first-order valence-electron chi connectivity index (χ1n) is 5.08. The molecule has 0 radical (unpaired) electrons. The molecule has 104 valence electrons. The van der Waals surface area contributed by atoms with E-state index < -0.39 is 17.9 Å². The lowest BCUT2D eigenvalue weighted by atomic mass is 10.3. The predicted octanol–water partition coefficient (Wildman–Crippen LogP) is 3.33. The average Bonchev–Trinajstić information content (AvgIpc) is 2.29. The van der Waals surface area contributed by atoms with Crippen LogP contribution in [0.1, 0.15) is 6.92 Å². The van der Waals surface area contributed by atoms with Crippen molar-refractivity contribution in [2.45, 2.75) is 17.9 Å². The number of thioether (sulfide) groups is 1. The van der Waals surface area contributed by atoms with Crippen LogP contribution in [0.4, 0.5) is 0 Å². The Morgan fingerprint density at radius 1 is 1.37 bits per heavy atom. The van der Waals surface area contributed by atoms with Crippen LogP contribution < -0.4 is 5.32 Å². The molecule has 0 aromatic heterocycles. The molecule has 0 saturated heterocycles. The second-order valence-electron chi connectivity index (χ2n) is 3.60. The summed E-state index contributed by atoms with van der Waals surface area (Å²) in [5.74, 6) is -1.42. The summed E-state index contributed by atoms with van der Waals surface area (Å²) in [6.07, 6.45) is 0. The summed E-state index contributed by atoms with van der Waals surface area (Å²) >= 11 is 18.9. The Morgan fingerprint density at radius 2 is 2.00 bits per heavy atom. The molecule has 4 nitrogen and oxygen atoms in total. The number of halogens is 3. The van der Waals surface area contributed by atoms with Crippen molar-refractivity contribution in [3.05, 3.63) is 27.2 Å². The third kappa shape index (κ3) is 5.10. The Bertz CT molecular complexity index is 510. The van der Waals surface area contributed by atoms with Gasteiger partial charge in [0.2, 0.25) is 5.91 Å². The van der Waals surface area contributed by atoms with Gasteiger partial charge in [-0.25, -0.2) is 4.79 Å². The fourth-order valence-corrected chi connectivity index (χ4v) is 3.14. The summed E-state index contributed by atoms with van der Waals surface area (Å²) in [6.45, 7) is 1.25. The van der Waals surface area contributed by atoms with Gasteiger partial charge in [0, 0.05) is 22.6 Å². The van der Waals surface area contributed by atoms with Crippen LogP contribution in [-0.2, 0) is 9.59 Å². The van der Waals surface area contributed by atoms with E-state index >= 15 is 0 Å². The molecule has 0 spiro atoms. The number of carbonyl (C=O) groups is 2. The van der Waals surface area contributed by atoms with Crippen LogP contribution in [0.2, 0.25) is 15.1 Å². The number of hydrogen-bond donors (Lipinski definition) is 2. The number of carboxylic acids is 1.